The second kappa shape index (κ2) is 14.8. The highest BCUT2D eigenvalue weighted by Gasteiger charge is 2.34. The topological polar surface area (TPSA) is 211 Å². The van der Waals surface area contributed by atoms with Gasteiger partial charge in [0.05, 0.1) is 12.1 Å². The summed E-state index contributed by atoms with van der Waals surface area (Å²) in [7, 11) is 0. The van der Waals surface area contributed by atoms with Crippen molar-refractivity contribution in [3.63, 3.8) is 0 Å². The number of aliphatic hydroxyl groups excluding tert-OH is 1. The summed E-state index contributed by atoms with van der Waals surface area (Å²) in [5.41, 5.74) is 7.23. The van der Waals surface area contributed by atoms with Gasteiger partial charge in [0.2, 0.25) is 17.7 Å². The zero-order valence-electron chi connectivity index (χ0n) is 22.7. The van der Waals surface area contributed by atoms with E-state index in [2.05, 4.69) is 16.0 Å². The summed E-state index contributed by atoms with van der Waals surface area (Å²) < 4.78 is 0. The third-order valence-electron chi connectivity index (χ3n) is 6.58. The number of aromatic hydroxyl groups is 2. The summed E-state index contributed by atoms with van der Waals surface area (Å²) in [6.45, 7) is 4.79. The zero-order valence-corrected chi connectivity index (χ0v) is 22.7. The largest absolute Gasteiger partial charge is 0.508 e. The molecule has 0 saturated heterocycles. The Bertz CT molecular complexity index is 1150. The Labute approximate surface area is 232 Å². The van der Waals surface area contributed by atoms with Crippen LogP contribution in [0.3, 0.4) is 0 Å². The maximum absolute atomic E-state index is 13.2. The molecular weight excluding hydrogens is 520 g/mol. The molecule has 0 heterocycles. The Morgan fingerprint density at radius 2 is 1.20 bits per heavy atom. The van der Waals surface area contributed by atoms with Crippen LogP contribution in [0, 0.1) is 5.92 Å². The molecule has 40 heavy (non-hydrogen) atoms. The number of hydrogen-bond donors (Lipinski definition) is 8. The smallest absolute Gasteiger partial charge is 0.326 e. The van der Waals surface area contributed by atoms with Gasteiger partial charge in [-0.15, -0.1) is 0 Å². The van der Waals surface area contributed by atoms with Gasteiger partial charge in [0, 0.05) is 6.42 Å². The average molecular weight is 559 g/mol. The molecule has 0 fully saturated rings. The van der Waals surface area contributed by atoms with Gasteiger partial charge in [-0.25, -0.2) is 4.79 Å². The van der Waals surface area contributed by atoms with E-state index in [1.54, 1.807) is 26.0 Å². The lowest BCUT2D eigenvalue weighted by Crippen LogP contribution is -2.61. The lowest BCUT2D eigenvalue weighted by atomic mass is 9.96. The van der Waals surface area contributed by atoms with Crippen molar-refractivity contribution in [2.75, 3.05) is 0 Å². The van der Waals surface area contributed by atoms with E-state index in [0.717, 1.165) is 0 Å². The van der Waals surface area contributed by atoms with E-state index in [4.69, 9.17) is 5.73 Å². The number of nitrogens with one attached hydrogen (secondary N) is 3. The van der Waals surface area contributed by atoms with Gasteiger partial charge in [-0.2, -0.15) is 0 Å². The monoisotopic (exact) mass is 558 g/mol. The summed E-state index contributed by atoms with van der Waals surface area (Å²) in [4.78, 5) is 50.9. The summed E-state index contributed by atoms with van der Waals surface area (Å²) in [5, 5.41) is 46.2. The zero-order chi connectivity index (χ0) is 30.0. The minimum atomic E-state index is -1.44. The van der Waals surface area contributed by atoms with E-state index >= 15 is 0 Å². The lowest BCUT2D eigenvalue weighted by molar-refractivity contribution is -0.142. The van der Waals surface area contributed by atoms with Crippen LogP contribution in [0.4, 0.5) is 0 Å². The highest BCUT2D eigenvalue weighted by Crippen LogP contribution is 2.14. The van der Waals surface area contributed by atoms with Crippen LogP contribution in [-0.4, -0.2) is 74.4 Å². The quantitative estimate of drug-likeness (QED) is 0.159. The number of hydrogen-bond acceptors (Lipinski definition) is 8. The molecule has 6 atom stereocenters. The minimum Gasteiger partial charge on any atom is -0.508 e. The molecule has 0 aliphatic rings. The third-order valence-corrected chi connectivity index (χ3v) is 6.58. The predicted octanol–water partition coefficient (Wildman–Crippen LogP) is 0.176. The Morgan fingerprint density at radius 3 is 1.65 bits per heavy atom. The number of phenols is 2. The number of carbonyl (C=O) groups is 4. The van der Waals surface area contributed by atoms with Crippen molar-refractivity contribution in [1.29, 1.82) is 0 Å². The molecule has 3 amide bonds. The van der Waals surface area contributed by atoms with Gasteiger partial charge < -0.3 is 42.1 Å². The number of nitrogens with two attached hydrogens (primary N) is 1. The first-order chi connectivity index (χ1) is 18.8. The van der Waals surface area contributed by atoms with Gasteiger partial charge in [-0.3, -0.25) is 14.4 Å². The number of aliphatic carboxylic acids is 1. The van der Waals surface area contributed by atoms with E-state index in [1.807, 2.05) is 0 Å². The maximum atomic E-state index is 13.2. The van der Waals surface area contributed by atoms with Crippen LogP contribution in [0.2, 0.25) is 0 Å². The molecule has 0 radical (unpaired) electrons. The van der Waals surface area contributed by atoms with Crippen LogP contribution in [0.5, 0.6) is 11.5 Å². The number of carboxylic acid groups (broad SMARTS) is 1. The molecule has 2 rings (SSSR count). The second-order valence-electron chi connectivity index (χ2n) is 9.85. The number of amides is 3. The summed E-state index contributed by atoms with van der Waals surface area (Å²) in [5.74, 6) is -3.93. The number of aliphatic hydroxyl groups is 1. The van der Waals surface area contributed by atoms with Gasteiger partial charge in [-0.1, -0.05) is 44.5 Å². The second-order valence-corrected chi connectivity index (χ2v) is 9.85. The third kappa shape index (κ3) is 9.54. The fourth-order valence-corrected chi connectivity index (χ4v) is 3.92. The maximum Gasteiger partial charge on any atom is 0.326 e. The Balaban J connectivity index is 2.11. The van der Waals surface area contributed by atoms with Crippen LogP contribution in [0.1, 0.15) is 38.3 Å². The lowest BCUT2D eigenvalue weighted by Gasteiger charge is -2.29. The van der Waals surface area contributed by atoms with Crippen molar-refractivity contribution >= 4 is 23.7 Å². The highest BCUT2D eigenvalue weighted by atomic mass is 16.4. The fraction of sp³-hybridized carbons (Fsp3) is 0.429. The molecule has 0 bridgehead atoms. The average Bonchev–Trinajstić information content (AvgIpc) is 2.91. The van der Waals surface area contributed by atoms with E-state index in [1.165, 1.54) is 43.3 Å². The SMILES string of the molecule is CCC(C)C(NC(=O)C(NC(=O)C(N)Cc1ccc(O)cc1)C(C)O)C(=O)NC(Cc1ccc(O)cc1)C(=O)O. The number of phenolic OH excluding ortho intramolecular Hbond substituents is 2. The van der Waals surface area contributed by atoms with E-state index in [0.29, 0.717) is 17.5 Å². The molecule has 0 aliphatic carbocycles. The van der Waals surface area contributed by atoms with Gasteiger partial charge in [0.25, 0.3) is 0 Å². The van der Waals surface area contributed by atoms with E-state index in [-0.39, 0.29) is 24.3 Å². The van der Waals surface area contributed by atoms with Crippen molar-refractivity contribution in [3.05, 3.63) is 59.7 Å². The highest BCUT2D eigenvalue weighted by molar-refractivity contribution is 5.94. The molecule has 12 nitrogen and oxygen atoms in total. The first kappa shape index (κ1) is 32.1. The molecule has 9 N–H and O–H groups in total. The first-order valence-corrected chi connectivity index (χ1v) is 13.0. The van der Waals surface area contributed by atoms with Gasteiger partial charge in [-0.05, 0) is 54.7 Å². The number of benzene rings is 2. The number of rotatable bonds is 14. The normalized spacial score (nSPS) is 15.5. The number of carbonyl (C=O) groups excluding carboxylic acids is 3. The standard InChI is InChI=1S/C28H38N4O8/c1-4-15(2)23(26(37)30-22(28(39)40)14-18-7-11-20(35)12-8-18)31-27(38)24(16(3)33)32-25(36)21(29)13-17-5-9-19(34)10-6-17/h5-12,15-16,21-24,33-35H,4,13-14,29H2,1-3H3,(H,30,37)(H,31,38)(H,32,36)(H,39,40). The summed E-state index contributed by atoms with van der Waals surface area (Å²) >= 11 is 0. The molecule has 12 heteroatoms. The van der Waals surface area contributed by atoms with Crippen molar-refractivity contribution < 1.29 is 39.6 Å². The fourth-order valence-electron chi connectivity index (χ4n) is 3.92. The van der Waals surface area contributed by atoms with Crippen molar-refractivity contribution in [1.82, 2.24) is 16.0 Å². The van der Waals surface area contributed by atoms with Gasteiger partial charge in [0.15, 0.2) is 0 Å². The van der Waals surface area contributed by atoms with Crippen LogP contribution in [-0.2, 0) is 32.0 Å². The van der Waals surface area contributed by atoms with Crippen molar-refractivity contribution in [3.8, 4) is 11.5 Å². The predicted molar refractivity (Wildman–Crippen MR) is 146 cm³/mol. The molecule has 0 aromatic heterocycles. The Morgan fingerprint density at radius 1 is 0.750 bits per heavy atom. The number of carboxylic acids is 1. The first-order valence-electron chi connectivity index (χ1n) is 13.0. The molecule has 0 saturated carbocycles. The van der Waals surface area contributed by atoms with Crippen molar-refractivity contribution in [2.24, 2.45) is 11.7 Å². The molecular formula is C28H38N4O8. The van der Waals surface area contributed by atoms with Crippen LogP contribution in [0.25, 0.3) is 0 Å². The molecule has 6 unspecified atom stereocenters. The van der Waals surface area contributed by atoms with E-state index < -0.39 is 59.9 Å². The summed E-state index contributed by atoms with van der Waals surface area (Å²) in [6.07, 6.45) is -0.840. The Kier molecular flexibility index (Phi) is 11.9. The minimum absolute atomic E-state index is 0.0141. The summed E-state index contributed by atoms with van der Waals surface area (Å²) in [6, 6.07) is 6.99. The molecule has 0 spiro atoms. The van der Waals surface area contributed by atoms with Crippen LogP contribution >= 0.6 is 0 Å². The molecule has 2 aromatic carbocycles. The molecule has 0 aliphatic heterocycles. The molecule has 2 aromatic rings. The van der Waals surface area contributed by atoms with E-state index in [9.17, 15) is 39.6 Å². The van der Waals surface area contributed by atoms with Gasteiger partial charge in [0.1, 0.15) is 29.6 Å². The van der Waals surface area contributed by atoms with Crippen LogP contribution in [0.15, 0.2) is 48.5 Å². The van der Waals surface area contributed by atoms with Gasteiger partial charge >= 0.3 is 5.97 Å². The Hall–Kier alpha value is -4.16. The van der Waals surface area contributed by atoms with Crippen molar-refractivity contribution in [2.45, 2.75) is 70.3 Å². The molecule has 218 valence electrons. The van der Waals surface area contributed by atoms with Crippen LogP contribution < -0.4 is 21.7 Å².